The van der Waals surface area contributed by atoms with E-state index in [-0.39, 0.29) is 0 Å². The van der Waals surface area contributed by atoms with Crippen LogP contribution in [0.2, 0.25) is 0 Å². The molecule has 0 aliphatic heterocycles. The van der Waals surface area contributed by atoms with Gasteiger partial charge >= 0.3 is 0 Å². The number of alkyl halides is 1. The third-order valence-electron chi connectivity index (χ3n) is 3.53. The summed E-state index contributed by atoms with van der Waals surface area (Å²) in [6, 6.07) is 8.22. The molecule has 2 aromatic heterocycles. The maximum atomic E-state index is 5.89. The molecule has 0 atom stereocenters. The number of hydrogen-bond donors (Lipinski definition) is 0. The Labute approximate surface area is 123 Å². The van der Waals surface area contributed by atoms with Crippen molar-refractivity contribution in [3.05, 3.63) is 48.3 Å². The molecule has 0 unspecified atom stereocenters. The number of para-hydroxylation sites is 2. The fraction of sp³-hybridized carbons (Fsp3) is 0.333. The van der Waals surface area contributed by atoms with Gasteiger partial charge < -0.3 is 9.13 Å². The van der Waals surface area contributed by atoms with Crippen molar-refractivity contribution in [1.82, 2.24) is 19.1 Å². The number of fused-ring (bicyclic) bond motifs is 1. The summed E-state index contributed by atoms with van der Waals surface area (Å²) < 4.78 is 4.31. The first-order chi connectivity index (χ1) is 9.79. The first kappa shape index (κ1) is 13.2. The number of aryl methyl sites for hydroxylation is 4. The van der Waals surface area contributed by atoms with E-state index >= 15 is 0 Å². The molecule has 5 heteroatoms. The minimum Gasteiger partial charge on any atom is -0.338 e. The van der Waals surface area contributed by atoms with E-state index < -0.39 is 0 Å². The van der Waals surface area contributed by atoms with E-state index in [1.165, 1.54) is 5.52 Å². The van der Waals surface area contributed by atoms with Crippen LogP contribution >= 0.6 is 11.6 Å². The van der Waals surface area contributed by atoms with Gasteiger partial charge in [0, 0.05) is 44.7 Å². The van der Waals surface area contributed by atoms with Crippen LogP contribution in [0.5, 0.6) is 0 Å². The minimum absolute atomic E-state index is 0.589. The van der Waals surface area contributed by atoms with Crippen LogP contribution in [0.1, 0.15) is 11.6 Å². The van der Waals surface area contributed by atoms with E-state index in [2.05, 4.69) is 25.2 Å². The predicted octanol–water partition coefficient (Wildman–Crippen LogP) is 2.79. The lowest BCUT2D eigenvalue weighted by Crippen LogP contribution is -2.09. The molecule has 2 heterocycles. The Balaban J connectivity index is 1.92. The van der Waals surface area contributed by atoms with Gasteiger partial charge in [-0.25, -0.2) is 9.97 Å². The first-order valence-electron chi connectivity index (χ1n) is 6.76. The van der Waals surface area contributed by atoms with Crippen LogP contribution in [0.25, 0.3) is 11.0 Å². The third-order valence-corrected chi connectivity index (χ3v) is 3.72. The van der Waals surface area contributed by atoms with Crippen LogP contribution in [-0.2, 0) is 26.4 Å². The zero-order valence-electron chi connectivity index (χ0n) is 11.5. The Morgan fingerprint density at radius 3 is 2.75 bits per heavy atom. The summed E-state index contributed by atoms with van der Waals surface area (Å²) in [7, 11) is 2.02. The van der Waals surface area contributed by atoms with Crippen molar-refractivity contribution in [3.63, 3.8) is 0 Å². The zero-order valence-corrected chi connectivity index (χ0v) is 12.2. The SMILES string of the molecule is Cn1ccnc1CCn1c(CCCl)nc2ccccc21. The Kier molecular flexibility index (Phi) is 3.74. The van der Waals surface area contributed by atoms with Crippen molar-refractivity contribution in [2.45, 2.75) is 19.4 Å². The van der Waals surface area contributed by atoms with E-state index in [0.717, 1.165) is 36.6 Å². The topological polar surface area (TPSA) is 35.6 Å². The molecule has 3 rings (SSSR count). The molecule has 0 spiro atoms. The first-order valence-corrected chi connectivity index (χ1v) is 7.29. The summed E-state index contributed by atoms with van der Waals surface area (Å²) in [4.78, 5) is 9.05. The molecule has 0 aliphatic rings. The molecule has 0 N–H and O–H groups in total. The van der Waals surface area contributed by atoms with Gasteiger partial charge in [-0.15, -0.1) is 11.6 Å². The molecular formula is C15H17ClN4. The third kappa shape index (κ3) is 2.43. The molecule has 0 amide bonds. The molecule has 0 saturated heterocycles. The summed E-state index contributed by atoms with van der Waals surface area (Å²) >= 11 is 5.89. The molecule has 0 radical (unpaired) electrons. The number of aromatic nitrogens is 4. The molecular weight excluding hydrogens is 272 g/mol. The summed E-state index contributed by atoms with van der Waals surface area (Å²) in [5.41, 5.74) is 2.20. The standard InChI is InChI=1S/C15H17ClN4/c1-19-11-9-17-14(19)7-10-20-13-5-3-2-4-12(13)18-15(20)6-8-16/h2-5,9,11H,6-8,10H2,1H3. The average Bonchev–Trinajstić information content (AvgIpc) is 3.01. The van der Waals surface area contributed by atoms with Crippen LogP contribution in [-0.4, -0.2) is 25.0 Å². The Bertz CT molecular complexity index is 714. The fourth-order valence-electron chi connectivity index (χ4n) is 2.50. The highest BCUT2D eigenvalue weighted by Gasteiger charge is 2.10. The van der Waals surface area contributed by atoms with Gasteiger partial charge in [-0.1, -0.05) is 12.1 Å². The van der Waals surface area contributed by atoms with Gasteiger partial charge in [-0.05, 0) is 12.1 Å². The molecule has 0 saturated carbocycles. The van der Waals surface area contributed by atoms with Gasteiger partial charge in [0.2, 0.25) is 0 Å². The van der Waals surface area contributed by atoms with Crippen LogP contribution in [0.3, 0.4) is 0 Å². The van der Waals surface area contributed by atoms with Gasteiger partial charge in [-0.2, -0.15) is 0 Å². The molecule has 0 aliphatic carbocycles. The largest absolute Gasteiger partial charge is 0.338 e. The summed E-state index contributed by atoms with van der Waals surface area (Å²) in [6.45, 7) is 0.873. The maximum Gasteiger partial charge on any atom is 0.111 e. The van der Waals surface area contributed by atoms with Crippen molar-refractivity contribution >= 4 is 22.6 Å². The number of rotatable bonds is 5. The Hall–Kier alpha value is -1.81. The normalized spacial score (nSPS) is 11.3. The quantitative estimate of drug-likeness (QED) is 0.677. The van der Waals surface area contributed by atoms with Gasteiger partial charge in [0.05, 0.1) is 11.0 Å². The molecule has 0 fully saturated rings. The van der Waals surface area contributed by atoms with Gasteiger partial charge in [0.1, 0.15) is 11.6 Å². The lowest BCUT2D eigenvalue weighted by atomic mass is 10.3. The minimum atomic E-state index is 0.589. The molecule has 0 bridgehead atoms. The summed E-state index contributed by atoms with van der Waals surface area (Å²) in [5.74, 6) is 2.72. The Morgan fingerprint density at radius 1 is 1.15 bits per heavy atom. The number of imidazole rings is 2. The van der Waals surface area contributed by atoms with Crippen LogP contribution in [0, 0.1) is 0 Å². The zero-order chi connectivity index (χ0) is 13.9. The summed E-state index contributed by atoms with van der Waals surface area (Å²) in [5, 5.41) is 0. The Morgan fingerprint density at radius 2 is 2.00 bits per heavy atom. The fourth-order valence-corrected chi connectivity index (χ4v) is 2.67. The van der Waals surface area contributed by atoms with Gasteiger partial charge in [0.15, 0.2) is 0 Å². The lowest BCUT2D eigenvalue weighted by Gasteiger charge is -2.08. The molecule has 3 aromatic rings. The van der Waals surface area contributed by atoms with Crippen molar-refractivity contribution in [1.29, 1.82) is 0 Å². The number of halogens is 1. The predicted molar refractivity (Wildman–Crippen MR) is 81.1 cm³/mol. The van der Waals surface area contributed by atoms with E-state index in [1.807, 2.05) is 37.6 Å². The van der Waals surface area contributed by atoms with E-state index in [1.54, 1.807) is 0 Å². The highest BCUT2D eigenvalue weighted by atomic mass is 35.5. The van der Waals surface area contributed by atoms with E-state index in [4.69, 9.17) is 11.6 Å². The highest BCUT2D eigenvalue weighted by molar-refractivity contribution is 6.17. The smallest absolute Gasteiger partial charge is 0.111 e. The van der Waals surface area contributed by atoms with Crippen molar-refractivity contribution in [2.24, 2.45) is 7.05 Å². The monoisotopic (exact) mass is 288 g/mol. The highest BCUT2D eigenvalue weighted by Crippen LogP contribution is 2.17. The second-order valence-electron chi connectivity index (χ2n) is 4.81. The van der Waals surface area contributed by atoms with Crippen LogP contribution in [0.15, 0.2) is 36.7 Å². The van der Waals surface area contributed by atoms with Crippen molar-refractivity contribution in [3.8, 4) is 0 Å². The summed E-state index contributed by atoms with van der Waals surface area (Å²) in [6.07, 6.45) is 5.48. The van der Waals surface area contributed by atoms with Crippen molar-refractivity contribution in [2.75, 3.05) is 5.88 Å². The molecule has 104 valence electrons. The number of hydrogen-bond acceptors (Lipinski definition) is 2. The lowest BCUT2D eigenvalue weighted by molar-refractivity contribution is 0.638. The second-order valence-corrected chi connectivity index (χ2v) is 5.19. The van der Waals surface area contributed by atoms with E-state index in [0.29, 0.717) is 5.88 Å². The second kappa shape index (κ2) is 5.67. The van der Waals surface area contributed by atoms with Gasteiger partial charge in [0.25, 0.3) is 0 Å². The van der Waals surface area contributed by atoms with Crippen LogP contribution < -0.4 is 0 Å². The molecule has 1 aromatic carbocycles. The number of benzene rings is 1. The molecule has 4 nitrogen and oxygen atoms in total. The number of nitrogens with zero attached hydrogens (tertiary/aromatic N) is 4. The maximum absolute atomic E-state index is 5.89. The van der Waals surface area contributed by atoms with Gasteiger partial charge in [-0.3, -0.25) is 0 Å². The van der Waals surface area contributed by atoms with Crippen LogP contribution in [0.4, 0.5) is 0 Å². The average molecular weight is 289 g/mol. The molecule has 20 heavy (non-hydrogen) atoms. The van der Waals surface area contributed by atoms with Crippen molar-refractivity contribution < 1.29 is 0 Å². The van der Waals surface area contributed by atoms with E-state index in [9.17, 15) is 0 Å².